The molecule has 2 aliphatic rings. The Morgan fingerprint density at radius 2 is 2.00 bits per heavy atom. The highest BCUT2D eigenvalue weighted by Crippen LogP contribution is 2.40. The fourth-order valence-electron chi connectivity index (χ4n) is 4.13. The van der Waals surface area contributed by atoms with Gasteiger partial charge in [-0.1, -0.05) is 0 Å². The summed E-state index contributed by atoms with van der Waals surface area (Å²) in [5, 5.41) is 0. The quantitative estimate of drug-likeness (QED) is 0.841. The molecule has 2 saturated heterocycles. The summed E-state index contributed by atoms with van der Waals surface area (Å²) >= 11 is 0. The first-order valence-electron chi connectivity index (χ1n) is 9.20. The van der Waals surface area contributed by atoms with Crippen molar-refractivity contribution < 1.29 is 4.79 Å². The van der Waals surface area contributed by atoms with E-state index < -0.39 is 0 Å². The monoisotopic (exact) mass is 352 g/mol. The molecule has 7 nitrogen and oxygen atoms in total. The van der Waals surface area contributed by atoms with Gasteiger partial charge >= 0.3 is 0 Å². The maximum atomic E-state index is 12.5. The van der Waals surface area contributed by atoms with Crippen LogP contribution >= 0.6 is 0 Å². The topological polar surface area (TPSA) is 75.1 Å². The third-order valence-corrected chi connectivity index (χ3v) is 5.47. The number of piperidine rings is 2. The molecule has 0 aromatic carbocycles. The summed E-state index contributed by atoms with van der Waals surface area (Å²) in [6, 6.07) is 0. The van der Waals surface area contributed by atoms with Gasteiger partial charge in [-0.05, 0) is 26.2 Å². The van der Waals surface area contributed by atoms with Crippen LogP contribution in [0.3, 0.4) is 0 Å². The van der Waals surface area contributed by atoms with Gasteiger partial charge in [-0.15, -0.1) is 0 Å². The highest BCUT2D eigenvalue weighted by molar-refractivity contribution is 5.77. The lowest BCUT2D eigenvalue weighted by atomic mass is 9.73. The highest BCUT2D eigenvalue weighted by Gasteiger charge is 2.42. The van der Waals surface area contributed by atoms with Crippen LogP contribution in [0.5, 0.6) is 0 Å². The van der Waals surface area contributed by atoms with Crippen LogP contribution in [0.4, 0.5) is 5.82 Å². The van der Waals surface area contributed by atoms with E-state index in [1.54, 1.807) is 24.8 Å². The number of hydrogen-bond donors (Lipinski definition) is 0. The summed E-state index contributed by atoms with van der Waals surface area (Å²) in [4.78, 5) is 34.1. The smallest absolute Gasteiger partial charge is 0.222 e. The average Bonchev–Trinajstić information content (AvgIpc) is 2.68. The van der Waals surface area contributed by atoms with E-state index in [4.69, 9.17) is 0 Å². The first-order chi connectivity index (χ1) is 12.6. The van der Waals surface area contributed by atoms with Crippen molar-refractivity contribution in [3.05, 3.63) is 42.4 Å². The van der Waals surface area contributed by atoms with E-state index in [1.165, 1.54) is 0 Å². The lowest BCUT2D eigenvalue weighted by molar-refractivity contribution is -0.138. The lowest BCUT2D eigenvalue weighted by Gasteiger charge is -2.48. The van der Waals surface area contributed by atoms with Crippen LogP contribution in [0.1, 0.15) is 37.1 Å². The summed E-state index contributed by atoms with van der Waals surface area (Å²) in [7, 11) is 0. The van der Waals surface area contributed by atoms with Crippen molar-refractivity contribution in [1.82, 2.24) is 24.8 Å². The molecule has 26 heavy (non-hydrogen) atoms. The van der Waals surface area contributed by atoms with E-state index in [9.17, 15) is 4.79 Å². The van der Waals surface area contributed by atoms with E-state index in [0.717, 1.165) is 56.1 Å². The fraction of sp³-hybridized carbons (Fsp3) is 0.526. The Labute approximate surface area is 153 Å². The number of nitrogens with zero attached hydrogens (tertiary/aromatic N) is 6. The largest absolute Gasteiger partial charge is 0.355 e. The molecule has 2 aromatic heterocycles. The molecule has 1 atom stereocenters. The molecular formula is C19H24N6O. The molecule has 7 heteroatoms. The Kier molecular flexibility index (Phi) is 4.53. The van der Waals surface area contributed by atoms with Gasteiger partial charge in [-0.3, -0.25) is 19.7 Å². The molecule has 4 heterocycles. The van der Waals surface area contributed by atoms with E-state index in [1.807, 2.05) is 18.0 Å². The Balaban J connectivity index is 1.49. The second-order valence-electron chi connectivity index (χ2n) is 7.49. The van der Waals surface area contributed by atoms with Gasteiger partial charge in [0.05, 0.1) is 30.3 Å². The SMILES string of the molecule is Cc1cnc(CN2C[C@@]3(CCCN(c4cnccn4)C3)CCC2=O)cn1. The summed E-state index contributed by atoms with van der Waals surface area (Å²) in [6.45, 7) is 5.16. The number of likely N-dealkylation sites (tertiary alicyclic amines) is 1. The minimum atomic E-state index is 0.127. The first-order valence-corrected chi connectivity index (χ1v) is 9.20. The summed E-state index contributed by atoms with van der Waals surface area (Å²) in [6.07, 6.45) is 12.6. The standard InChI is InChI=1S/C19H24N6O/c1-15-9-23-16(10-22-15)12-25-14-19(5-3-18(25)26)4-2-8-24(13-19)17-11-20-6-7-21-17/h6-7,9-11H,2-5,8,12-14H2,1H3/t19-/m0/s1. The molecule has 136 valence electrons. The van der Waals surface area contributed by atoms with Gasteiger partial charge in [0.1, 0.15) is 5.82 Å². The fourth-order valence-corrected chi connectivity index (χ4v) is 4.13. The third kappa shape index (κ3) is 3.52. The lowest BCUT2D eigenvalue weighted by Crippen LogP contribution is -2.54. The number of rotatable bonds is 3. The van der Waals surface area contributed by atoms with Crippen LogP contribution in [0.25, 0.3) is 0 Å². The van der Waals surface area contributed by atoms with Crippen molar-refractivity contribution in [3.63, 3.8) is 0 Å². The van der Waals surface area contributed by atoms with E-state index in [0.29, 0.717) is 13.0 Å². The summed E-state index contributed by atoms with van der Waals surface area (Å²) < 4.78 is 0. The summed E-state index contributed by atoms with van der Waals surface area (Å²) in [5.74, 6) is 1.15. The molecule has 0 aliphatic carbocycles. The molecule has 2 aromatic rings. The highest BCUT2D eigenvalue weighted by atomic mass is 16.2. The molecule has 0 unspecified atom stereocenters. The van der Waals surface area contributed by atoms with Crippen molar-refractivity contribution >= 4 is 11.7 Å². The van der Waals surface area contributed by atoms with Crippen LogP contribution in [-0.4, -0.2) is 50.4 Å². The van der Waals surface area contributed by atoms with E-state index in [-0.39, 0.29) is 11.3 Å². The van der Waals surface area contributed by atoms with Gasteiger partial charge in [0, 0.05) is 50.1 Å². The molecule has 4 rings (SSSR count). The minimum Gasteiger partial charge on any atom is -0.355 e. The number of aromatic nitrogens is 4. The Bertz CT molecular complexity index is 765. The van der Waals surface area contributed by atoms with Crippen molar-refractivity contribution in [1.29, 1.82) is 0 Å². The number of amides is 1. The molecule has 0 saturated carbocycles. The van der Waals surface area contributed by atoms with Crippen molar-refractivity contribution in [2.75, 3.05) is 24.5 Å². The Morgan fingerprint density at radius 3 is 2.77 bits per heavy atom. The van der Waals surface area contributed by atoms with Gasteiger partial charge < -0.3 is 9.80 Å². The van der Waals surface area contributed by atoms with Crippen molar-refractivity contribution in [3.8, 4) is 0 Å². The first kappa shape index (κ1) is 16.9. The van der Waals surface area contributed by atoms with Crippen molar-refractivity contribution in [2.24, 2.45) is 5.41 Å². The van der Waals surface area contributed by atoms with Gasteiger partial charge in [0.15, 0.2) is 0 Å². The van der Waals surface area contributed by atoms with Gasteiger partial charge in [0.2, 0.25) is 5.91 Å². The summed E-state index contributed by atoms with van der Waals surface area (Å²) in [5.41, 5.74) is 1.87. The maximum Gasteiger partial charge on any atom is 0.222 e. The predicted molar refractivity (Wildman–Crippen MR) is 97.3 cm³/mol. The van der Waals surface area contributed by atoms with E-state index >= 15 is 0 Å². The zero-order valence-electron chi connectivity index (χ0n) is 15.1. The van der Waals surface area contributed by atoms with Crippen LogP contribution in [0.2, 0.25) is 0 Å². The predicted octanol–water partition coefficient (Wildman–Crippen LogP) is 1.98. The van der Waals surface area contributed by atoms with Crippen molar-refractivity contribution in [2.45, 2.75) is 39.2 Å². The Hall–Kier alpha value is -2.57. The zero-order valence-corrected chi connectivity index (χ0v) is 15.1. The van der Waals surface area contributed by atoms with E-state index in [2.05, 4.69) is 24.8 Å². The molecule has 1 spiro atoms. The van der Waals surface area contributed by atoms with Gasteiger partial charge in [0.25, 0.3) is 0 Å². The van der Waals surface area contributed by atoms with Crippen LogP contribution in [0.15, 0.2) is 31.0 Å². The molecule has 0 bridgehead atoms. The molecule has 2 fully saturated rings. The second-order valence-corrected chi connectivity index (χ2v) is 7.49. The minimum absolute atomic E-state index is 0.127. The number of carbonyl (C=O) groups excluding carboxylic acids is 1. The zero-order chi connectivity index (χ0) is 18.0. The normalized spacial score (nSPS) is 23.5. The van der Waals surface area contributed by atoms with Gasteiger partial charge in [-0.25, -0.2) is 4.98 Å². The number of aryl methyl sites for hydroxylation is 1. The second kappa shape index (κ2) is 6.97. The molecule has 0 N–H and O–H groups in total. The average molecular weight is 352 g/mol. The number of anilines is 1. The number of hydrogen-bond acceptors (Lipinski definition) is 6. The molecule has 1 amide bonds. The van der Waals surface area contributed by atoms with Crippen LogP contribution in [0, 0.1) is 12.3 Å². The Morgan fingerprint density at radius 1 is 1.08 bits per heavy atom. The van der Waals surface area contributed by atoms with Gasteiger partial charge in [-0.2, -0.15) is 0 Å². The molecule has 2 aliphatic heterocycles. The van der Waals surface area contributed by atoms with Crippen LogP contribution in [-0.2, 0) is 11.3 Å². The molecule has 0 radical (unpaired) electrons. The third-order valence-electron chi connectivity index (χ3n) is 5.47. The van der Waals surface area contributed by atoms with Crippen LogP contribution < -0.4 is 4.90 Å². The number of carbonyl (C=O) groups is 1. The molecular weight excluding hydrogens is 328 g/mol. The maximum absolute atomic E-state index is 12.5.